The molecule has 3 rings (SSSR count). The lowest BCUT2D eigenvalue weighted by Crippen LogP contribution is -2.16. The number of carbonyl (C=O) groups is 2. The lowest BCUT2D eigenvalue weighted by atomic mass is 10.2. The van der Waals surface area contributed by atoms with E-state index in [2.05, 4.69) is 42.4 Å². The molecule has 0 unspecified atom stereocenters. The second-order valence-corrected chi connectivity index (χ2v) is 8.24. The molecule has 3 aromatic rings. The van der Waals surface area contributed by atoms with Gasteiger partial charge in [-0.25, -0.2) is 10.2 Å². The van der Waals surface area contributed by atoms with Gasteiger partial charge in [-0.15, -0.1) is 0 Å². The minimum Gasteiger partial charge on any atom is -0.490 e. The summed E-state index contributed by atoms with van der Waals surface area (Å²) in [6.45, 7) is 1.52. The highest BCUT2D eigenvalue weighted by Gasteiger charge is 2.15. The number of carboxylic acid groups (broad SMARTS) is 1. The lowest BCUT2D eigenvalue weighted by molar-refractivity contribution is -0.139. The van der Waals surface area contributed by atoms with E-state index in [0.29, 0.717) is 22.2 Å². The lowest BCUT2D eigenvalue weighted by Gasteiger charge is -2.13. The molecule has 0 fully saturated rings. The van der Waals surface area contributed by atoms with Gasteiger partial charge in [0.25, 0.3) is 0 Å². The first-order valence-electron chi connectivity index (χ1n) is 8.81. The zero-order chi connectivity index (χ0) is 22.5. The van der Waals surface area contributed by atoms with E-state index in [1.165, 1.54) is 12.3 Å². The zero-order valence-electron chi connectivity index (χ0n) is 15.9. The number of hydrogen-bond donors (Lipinski definition) is 2. The quantitative estimate of drug-likeness (QED) is 0.281. The predicted molar refractivity (Wildman–Crippen MR) is 122 cm³/mol. The van der Waals surface area contributed by atoms with Gasteiger partial charge < -0.3 is 19.0 Å². The molecule has 2 aromatic carbocycles. The van der Waals surface area contributed by atoms with E-state index in [1.807, 2.05) is 12.1 Å². The van der Waals surface area contributed by atoms with Crippen molar-refractivity contribution in [2.75, 3.05) is 13.2 Å². The van der Waals surface area contributed by atoms with Gasteiger partial charge in [0.15, 0.2) is 23.9 Å². The molecule has 1 amide bonds. The monoisotopic (exact) mass is 572 g/mol. The van der Waals surface area contributed by atoms with E-state index >= 15 is 0 Å². The van der Waals surface area contributed by atoms with Crippen molar-refractivity contribution in [2.24, 2.45) is 5.10 Å². The van der Waals surface area contributed by atoms with Crippen LogP contribution in [0.15, 0.2) is 48.8 Å². The van der Waals surface area contributed by atoms with Gasteiger partial charge >= 0.3 is 11.9 Å². The van der Waals surface area contributed by atoms with Gasteiger partial charge in [0.05, 0.1) is 22.3 Å². The van der Waals surface area contributed by atoms with Crippen LogP contribution in [0.25, 0.3) is 11.0 Å². The summed E-state index contributed by atoms with van der Waals surface area (Å²) in [7, 11) is 0. The van der Waals surface area contributed by atoms with Crippen molar-refractivity contribution in [3.8, 4) is 11.5 Å². The fourth-order valence-electron chi connectivity index (χ4n) is 2.61. The summed E-state index contributed by atoms with van der Waals surface area (Å²) in [6.07, 6.45) is 1.36. The Kier molecular flexibility index (Phi) is 7.58. The van der Waals surface area contributed by atoms with E-state index in [0.717, 1.165) is 9.86 Å². The Balaban J connectivity index is 1.76. The number of halogens is 3. The molecule has 0 saturated heterocycles. The Morgan fingerprint density at radius 2 is 2.00 bits per heavy atom. The summed E-state index contributed by atoms with van der Waals surface area (Å²) in [6, 6.07) is 8.32. The number of furan rings is 1. The third-order valence-electron chi connectivity index (χ3n) is 3.81. The number of rotatable bonds is 8. The minimum absolute atomic E-state index is 0.0939. The van der Waals surface area contributed by atoms with Crippen LogP contribution in [0.3, 0.4) is 0 Å². The number of hydrogen-bond acceptors (Lipinski definition) is 6. The summed E-state index contributed by atoms with van der Waals surface area (Å²) in [4.78, 5) is 23.1. The molecule has 1 heterocycles. The molecule has 0 aliphatic rings. The number of carbonyl (C=O) groups excluding carboxylic acids is 1. The molecule has 0 aliphatic heterocycles. The Morgan fingerprint density at radius 1 is 1.23 bits per heavy atom. The number of benzene rings is 2. The molecule has 31 heavy (non-hydrogen) atoms. The standard InChI is InChI=1S/C20H15Br2ClN2O6/c1-2-29-15-4-10(3-14(23)19(15)30-9-17(26)27)8-24-25-20(28)16-6-11-5-12(21)7-13(22)18(11)31-16/h3-8H,2,9H2,1H3,(H,25,28)(H,26,27)/b24-8-. The van der Waals surface area contributed by atoms with Crippen molar-refractivity contribution in [3.63, 3.8) is 0 Å². The summed E-state index contributed by atoms with van der Waals surface area (Å²) in [5, 5.41) is 13.6. The molecule has 0 saturated carbocycles. The van der Waals surface area contributed by atoms with Crippen LogP contribution in [0.1, 0.15) is 23.0 Å². The Labute approximate surface area is 198 Å². The van der Waals surface area contributed by atoms with Gasteiger partial charge in [-0.2, -0.15) is 5.10 Å². The second kappa shape index (κ2) is 10.2. The Morgan fingerprint density at radius 3 is 2.71 bits per heavy atom. The van der Waals surface area contributed by atoms with Crippen LogP contribution in [-0.4, -0.2) is 36.4 Å². The molecule has 11 heteroatoms. The average molecular weight is 575 g/mol. The van der Waals surface area contributed by atoms with Crippen LogP contribution < -0.4 is 14.9 Å². The first kappa shape index (κ1) is 23.1. The molecule has 8 nitrogen and oxygen atoms in total. The molecule has 162 valence electrons. The highest BCUT2D eigenvalue weighted by Crippen LogP contribution is 2.36. The summed E-state index contributed by atoms with van der Waals surface area (Å²) in [5.41, 5.74) is 3.44. The van der Waals surface area contributed by atoms with Crippen molar-refractivity contribution in [1.29, 1.82) is 0 Å². The van der Waals surface area contributed by atoms with Gasteiger partial charge in [-0.1, -0.05) is 27.5 Å². The summed E-state index contributed by atoms with van der Waals surface area (Å²) >= 11 is 13.0. The van der Waals surface area contributed by atoms with Gasteiger partial charge in [0.1, 0.15) is 5.58 Å². The number of amides is 1. The third-order valence-corrected chi connectivity index (χ3v) is 5.14. The van der Waals surface area contributed by atoms with E-state index < -0.39 is 18.5 Å². The first-order valence-corrected chi connectivity index (χ1v) is 10.8. The molecule has 0 radical (unpaired) electrons. The van der Waals surface area contributed by atoms with Crippen molar-refractivity contribution in [3.05, 3.63) is 55.6 Å². The largest absolute Gasteiger partial charge is 0.490 e. The molecule has 0 spiro atoms. The van der Waals surface area contributed by atoms with Crippen molar-refractivity contribution < 1.29 is 28.6 Å². The molecular weight excluding hydrogens is 559 g/mol. The van der Waals surface area contributed by atoms with Crippen molar-refractivity contribution >= 4 is 72.5 Å². The number of ether oxygens (including phenoxy) is 2. The SMILES string of the molecule is CCOc1cc(/C=N\NC(=O)c2cc3cc(Br)cc(Br)c3o2)cc(Cl)c1OCC(=O)O. The van der Waals surface area contributed by atoms with E-state index in [1.54, 1.807) is 19.1 Å². The van der Waals surface area contributed by atoms with E-state index in [4.69, 9.17) is 30.6 Å². The number of carboxylic acids is 1. The number of fused-ring (bicyclic) bond motifs is 1. The normalized spacial score (nSPS) is 11.1. The first-order chi connectivity index (χ1) is 14.8. The zero-order valence-corrected chi connectivity index (χ0v) is 19.9. The fraction of sp³-hybridized carbons (Fsp3) is 0.150. The van der Waals surface area contributed by atoms with Crippen LogP contribution in [0.4, 0.5) is 0 Å². The van der Waals surface area contributed by atoms with Crippen LogP contribution in [0, 0.1) is 0 Å². The van der Waals surface area contributed by atoms with Gasteiger partial charge in [-0.3, -0.25) is 4.79 Å². The Hall–Kier alpha value is -2.56. The topological polar surface area (TPSA) is 110 Å². The smallest absolute Gasteiger partial charge is 0.341 e. The van der Waals surface area contributed by atoms with Crippen LogP contribution in [0.2, 0.25) is 5.02 Å². The van der Waals surface area contributed by atoms with Crippen molar-refractivity contribution in [1.82, 2.24) is 5.43 Å². The van der Waals surface area contributed by atoms with E-state index in [-0.39, 0.29) is 22.3 Å². The van der Waals surface area contributed by atoms with Gasteiger partial charge in [0, 0.05) is 9.86 Å². The van der Waals surface area contributed by atoms with Crippen molar-refractivity contribution in [2.45, 2.75) is 6.92 Å². The number of aliphatic carboxylic acids is 1. The molecule has 1 aromatic heterocycles. The maximum Gasteiger partial charge on any atom is 0.341 e. The summed E-state index contributed by atoms with van der Waals surface area (Å²) < 4.78 is 17.8. The molecule has 2 N–H and O–H groups in total. The van der Waals surface area contributed by atoms with Gasteiger partial charge in [0.2, 0.25) is 0 Å². The van der Waals surface area contributed by atoms with Gasteiger partial charge in [-0.05, 0) is 58.7 Å². The molecule has 0 atom stereocenters. The van der Waals surface area contributed by atoms with Crippen LogP contribution >= 0.6 is 43.5 Å². The minimum atomic E-state index is -1.14. The molecular formula is C20H15Br2ClN2O6. The second-order valence-electron chi connectivity index (χ2n) is 6.06. The maximum absolute atomic E-state index is 12.4. The fourth-order valence-corrected chi connectivity index (χ4v) is 4.22. The number of nitrogens with zero attached hydrogens (tertiary/aromatic N) is 1. The third kappa shape index (κ3) is 5.78. The maximum atomic E-state index is 12.4. The molecule has 0 aliphatic carbocycles. The Bertz CT molecular complexity index is 1180. The average Bonchev–Trinajstić information content (AvgIpc) is 3.12. The van der Waals surface area contributed by atoms with Crippen LogP contribution in [0.5, 0.6) is 11.5 Å². The number of nitrogens with one attached hydrogen (secondary N) is 1. The van der Waals surface area contributed by atoms with Crippen LogP contribution in [-0.2, 0) is 4.79 Å². The highest BCUT2D eigenvalue weighted by molar-refractivity contribution is 9.11. The molecule has 0 bridgehead atoms. The summed E-state index contributed by atoms with van der Waals surface area (Å²) in [5.74, 6) is -1.20. The van der Waals surface area contributed by atoms with E-state index in [9.17, 15) is 9.59 Å². The predicted octanol–water partition coefficient (Wildman–Crippen LogP) is 5.24. The number of hydrazone groups is 1. The highest BCUT2D eigenvalue weighted by atomic mass is 79.9.